The third-order valence-electron chi connectivity index (χ3n) is 5.47. The van der Waals surface area contributed by atoms with Gasteiger partial charge in [0.2, 0.25) is 0 Å². The molecule has 0 saturated carbocycles. The first kappa shape index (κ1) is 18.2. The molecule has 0 atom stereocenters. The first-order valence-electron chi connectivity index (χ1n) is 9.22. The number of benzene rings is 1. The highest BCUT2D eigenvalue weighted by atomic mass is 16.5. The van der Waals surface area contributed by atoms with Crippen molar-refractivity contribution in [3.8, 4) is 5.75 Å². The maximum absolute atomic E-state index is 12.4. The number of carbonyl (C=O) groups is 1. The van der Waals surface area contributed by atoms with Gasteiger partial charge in [-0.1, -0.05) is 12.1 Å². The number of likely N-dealkylation sites (N-methyl/N-ethyl adjacent to an activating group) is 1. The van der Waals surface area contributed by atoms with Crippen LogP contribution in [0.4, 0.5) is 0 Å². The predicted octanol–water partition coefficient (Wildman–Crippen LogP) is 2.69. The summed E-state index contributed by atoms with van der Waals surface area (Å²) in [5.74, 6) is 1.00. The average molecular weight is 346 g/mol. The van der Waals surface area contributed by atoms with E-state index in [0.717, 1.165) is 51.3 Å². The monoisotopic (exact) mass is 346 g/mol. The van der Waals surface area contributed by atoms with E-state index in [9.17, 15) is 4.79 Å². The van der Waals surface area contributed by atoms with Crippen LogP contribution < -0.4 is 4.74 Å². The van der Waals surface area contributed by atoms with Gasteiger partial charge in [0.25, 0.3) is 5.91 Å². The fraction of sp³-hybridized carbons (Fsp3) is 0.650. The maximum Gasteiger partial charge on any atom is 0.254 e. The molecular weight excluding hydrogens is 316 g/mol. The van der Waals surface area contributed by atoms with E-state index in [4.69, 9.17) is 9.47 Å². The molecule has 2 fully saturated rings. The summed E-state index contributed by atoms with van der Waals surface area (Å²) in [6, 6.07) is 8.28. The molecule has 1 aromatic carbocycles. The van der Waals surface area contributed by atoms with Gasteiger partial charge in [-0.3, -0.25) is 9.69 Å². The molecule has 1 spiro atoms. The van der Waals surface area contributed by atoms with Crippen molar-refractivity contribution in [1.82, 2.24) is 9.80 Å². The van der Waals surface area contributed by atoms with Crippen molar-refractivity contribution in [3.63, 3.8) is 0 Å². The number of hydrogen-bond acceptors (Lipinski definition) is 4. The summed E-state index contributed by atoms with van der Waals surface area (Å²) >= 11 is 0. The molecule has 1 amide bonds. The Balaban J connectivity index is 1.61. The Bertz CT molecular complexity index is 604. The number of piperidine rings is 1. The molecule has 5 heteroatoms. The van der Waals surface area contributed by atoms with Crippen molar-refractivity contribution in [3.05, 3.63) is 29.8 Å². The lowest BCUT2D eigenvalue weighted by atomic mass is 9.86. The van der Waals surface area contributed by atoms with Crippen molar-refractivity contribution < 1.29 is 14.3 Å². The van der Waals surface area contributed by atoms with Gasteiger partial charge in [-0.2, -0.15) is 0 Å². The Kier molecular flexibility index (Phi) is 5.07. The third-order valence-corrected chi connectivity index (χ3v) is 5.47. The molecule has 2 aliphatic heterocycles. The van der Waals surface area contributed by atoms with Crippen LogP contribution in [0.5, 0.6) is 5.75 Å². The number of methoxy groups -OCH3 is 1. The zero-order valence-electron chi connectivity index (χ0n) is 15.9. The minimum atomic E-state index is -0.716. The van der Waals surface area contributed by atoms with Gasteiger partial charge in [0, 0.05) is 32.7 Å². The van der Waals surface area contributed by atoms with Gasteiger partial charge in [-0.15, -0.1) is 0 Å². The maximum atomic E-state index is 12.4. The van der Waals surface area contributed by atoms with Crippen molar-refractivity contribution in [1.29, 1.82) is 0 Å². The summed E-state index contributed by atoms with van der Waals surface area (Å²) in [6.07, 6.45) is 1.94. The van der Waals surface area contributed by atoms with Crippen LogP contribution in [0.25, 0.3) is 0 Å². The van der Waals surface area contributed by atoms with Gasteiger partial charge in [0.15, 0.2) is 0 Å². The van der Waals surface area contributed by atoms with Crippen molar-refractivity contribution >= 4 is 5.91 Å². The van der Waals surface area contributed by atoms with E-state index in [1.54, 1.807) is 7.11 Å². The summed E-state index contributed by atoms with van der Waals surface area (Å²) in [6.45, 7) is 10.3. The van der Waals surface area contributed by atoms with E-state index in [-0.39, 0.29) is 11.5 Å². The molecular formula is C20H30N2O3. The molecule has 0 aromatic heterocycles. The van der Waals surface area contributed by atoms with Crippen LogP contribution in [-0.4, -0.2) is 60.2 Å². The normalized spacial score (nSPS) is 23.0. The van der Waals surface area contributed by atoms with E-state index in [0.29, 0.717) is 0 Å². The highest BCUT2D eigenvalue weighted by Crippen LogP contribution is 2.37. The summed E-state index contributed by atoms with van der Waals surface area (Å²) < 4.78 is 11.6. The first-order chi connectivity index (χ1) is 11.9. The smallest absolute Gasteiger partial charge is 0.254 e. The van der Waals surface area contributed by atoms with Crippen LogP contribution in [0.1, 0.15) is 39.2 Å². The summed E-state index contributed by atoms with van der Waals surface area (Å²) in [5, 5.41) is 0. The molecule has 2 aliphatic rings. The summed E-state index contributed by atoms with van der Waals surface area (Å²) in [5.41, 5.74) is 0.392. The van der Waals surface area contributed by atoms with Crippen molar-refractivity contribution in [2.75, 3.05) is 33.3 Å². The summed E-state index contributed by atoms with van der Waals surface area (Å²) in [7, 11) is 1.69. The Labute approximate surface area is 150 Å². The Morgan fingerprint density at radius 1 is 1.16 bits per heavy atom. The van der Waals surface area contributed by atoms with Gasteiger partial charge in [0.05, 0.1) is 12.7 Å². The van der Waals surface area contributed by atoms with Crippen LogP contribution in [0, 0.1) is 0 Å². The Morgan fingerprint density at radius 3 is 2.36 bits per heavy atom. The standard InChI is InChI=1S/C20H30N2O3/c1-5-22-15-20(25-19(2,3)18(22)23)10-12-21(13-11-20)14-16-6-8-17(24-4)9-7-16/h6-9H,5,10-15H2,1-4H3. The molecule has 5 nitrogen and oxygen atoms in total. The molecule has 2 heterocycles. The van der Waals surface area contributed by atoms with E-state index >= 15 is 0 Å². The van der Waals surface area contributed by atoms with Gasteiger partial charge >= 0.3 is 0 Å². The number of nitrogens with zero attached hydrogens (tertiary/aromatic N) is 2. The van der Waals surface area contributed by atoms with Gasteiger partial charge in [-0.25, -0.2) is 0 Å². The number of hydrogen-bond donors (Lipinski definition) is 0. The van der Waals surface area contributed by atoms with Gasteiger partial charge in [-0.05, 0) is 51.3 Å². The largest absolute Gasteiger partial charge is 0.497 e. The van der Waals surface area contributed by atoms with Crippen molar-refractivity contribution in [2.45, 2.75) is 51.4 Å². The SMILES string of the molecule is CCN1CC2(CCN(Cc3ccc(OC)cc3)CC2)OC(C)(C)C1=O. The van der Waals surface area contributed by atoms with E-state index in [1.165, 1.54) is 5.56 Å². The lowest BCUT2D eigenvalue weighted by molar-refractivity contribution is -0.216. The number of amides is 1. The second kappa shape index (κ2) is 6.96. The second-order valence-electron chi connectivity index (χ2n) is 7.74. The lowest BCUT2D eigenvalue weighted by Crippen LogP contribution is -2.65. The predicted molar refractivity (Wildman–Crippen MR) is 97.7 cm³/mol. The number of rotatable bonds is 4. The Hall–Kier alpha value is -1.59. The van der Waals surface area contributed by atoms with Crippen LogP contribution in [-0.2, 0) is 16.1 Å². The number of morpholine rings is 1. The topological polar surface area (TPSA) is 42.0 Å². The minimum Gasteiger partial charge on any atom is -0.497 e. The molecule has 0 unspecified atom stereocenters. The van der Waals surface area contributed by atoms with Gasteiger partial charge in [0.1, 0.15) is 11.4 Å². The number of ether oxygens (including phenoxy) is 2. The highest BCUT2D eigenvalue weighted by molar-refractivity contribution is 5.85. The molecule has 138 valence electrons. The highest BCUT2D eigenvalue weighted by Gasteiger charge is 2.50. The number of likely N-dealkylation sites (tertiary alicyclic amines) is 1. The second-order valence-corrected chi connectivity index (χ2v) is 7.74. The summed E-state index contributed by atoms with van der Waals surface area (Å²) in [4.78, 5) is 16.9. The molecule has 0 radical (unpaired) electrons. The zero-order valence-corrected chi connectivity index (χ0v) is 15.9. The molecule has 2 saturated heterocycles. The molecule has 0 N–H and O–H groups in total. The van der Waals surface area contributed by atoms with Gasteiger partial charge < -0.3 is 14.4 Å². The van der Waals surface area contributed by atoms with Crippen LogP contribution >= 0.6 is 0 Å². The van der Waals surface area contributed by atoms with E-state index in [1.807, 2.05) is 37.8 Å². The molecule has 1 aromatic rings. The fourth-order valence-electron chi connectivity index (χ4n) is 4.04. The first-order valence-corrected chi connectivity index (χ1v) is 9.22. The quantitative estimate of drug-likeness (QED) is 0.841. The van der Waals surface area contributed by atoms with E-state index in [2.05, 4.69) is 17.0 Å². The van der Waals surface area contributed by atoms with E-state index < -0.39 is 5.60 Å². The van der Waals surface area contributed by atoms with Crippen molar-refractivity contribution in [2.24, 2.45) is 0 Å². The lowest BCUT2D eigenvalue weighted by Gasteiger charge is -2.52. The third kappa shape index (κ3) is 3.82. The molecule has 0 bridgehead atoms. The number of carbonyl (C=O) groups excluding carboxylic acids is 1. The minimum absolute atomic E-state index is 0.112. The Morgan fingerprint density at radius 2 is 1.80 bits per heavy atom. The van der Waals surface area contributed by atoms with Crippen LogP contribution in [0.2, 0.25) is 0 Å². The van der Waals surface area contributed by atoms with Crippen LogP contribution in [0.3, 0.4) is 0 Å². The fourth-order valence-corrected chi connectivity index (χ4v) is 4.04. The molecule has 0 aliphatic carbocycles. The average Bonchev–Trinajstić information content (AvgIpc) is 2.61. The molecule has 3 rings (SSSR count). The molecule has 25 heavy (non-hydrogen) atoms. The zero-order chi connectivity index (χ0) is 18.1. The van der Waals surface area contributed by atoms with Crippen LogP contribution in [0.15, 0.2) is 24.3 Å².